The summed E-state index contributed by atoms with van der Waals surface area (Å²) in [6, 6.07) is 24.5. The highest BCUT2D eigenvalue weighted by Gasteiger charge is 2.10. The lowest BCUT2D eigenvalue weighted by Gasteiger charge is -2.11. The van der Waals surface area contributed by atoms with Crippen molar-refractivity contribution < 1.29 is 5.11 Å². The van der Waals surface area contributed by atoms with Crippen LogP contribution in [-0.2, 0) is 23.0 Å². The molecule has 0 unspecified atom stereocenters. The van der Waals surface area contributed by atoms with Crippen molar-refractivity contribution in [1.82, 2.24) is 0 Å². The predicted octanol–water partition coefficient (Wildman–Crippen LogP) is 6.91. The SMILES string of the molecule is Oc1c(CSCc2ccccc2)cc(Cl)cc1CSCc1ccccc1. The van der Waals surface area contributed by atoms with Gasteiger partial charge in [0.15, 0.2) is 0 Å². The van der Waals surface area contributed by atoms with E-state index >= 15 is 0 Å². The van der Waals surface area contributed by atoms with E-state index in [1.165, 1.54) is 11.1 Å². The van der Waals surface area contributed by atoms with Gasteiger partial charge in [-0.15, -0.1) is 0 Å². The maximum Gasteiger partial charge on any atom is 0.123 e. The minimum atomic E-state index is 0.385. The average molecular weight is 401 g/mol. The Morgan fingerprint density at radius 2 is 1.08 bits per heavy atom. The lowest BCUT2D eigenvalue weighted by Crippen LogP contribution is -1.91. The Labute approximate surface area is 168 Å². The van der Waals surface area contributed by atoms with Crippen molar-refractivity contribution in [3.05, 3.63) is 100 Å². The van der Waals surface area contributed by atoms with Crippen LogP contribution in [0.1, 0.15) is 22.3 Å². The number of halogens is 1. The highest BCUT2D eigenvalue weighted by molar-refractivity contribution is 7.98. The molecule has 0 fully saturated rings. The number of hydrogen-bond acceptors (Lipinski definition) is 3. The molecule has 3 aromatic carbocycles. The number of aromatic hydroxyl groups is 1. The van der Waals surface area contributed by atoms with Gasteiger partial charge in [-0.3, -0.25) is 0 Å². The molecular weight excluding hydrogens is 380 g/mol. The summed E-state index contributed by atoms with van der Waals surface area (Å²) >= 11 is 9.86. The van der Waals surface area contributed by atoms with Crippen LogP contribution in [0.15, 0.2) is 72.8 Å². The first-order valence-corrected chi connectivity index (χ1v) is 11.1. The van der Waals surface area contributed by atoms with Crippen molar-refractivity contribution in [3.8, 4) is 5.75 Å². The summed E-state index contributed by atoms with van der Waals surface area (Å²) in [6.45, 7) is 0. The highest BCUT2D eigenvalue weighted by Crippen LogP contribution is 2.33. The van der Waals surface area contributed by atoms with Gasteiger partial charge in [0.2, 0.25) is 0 Å². The van der Waals surface area contributed by atoms with Gasteiger partial charge in [0.05, 0.1) is 0 Å². The van der Waals surface area contributed by atoms with E-state index in [2.05, 4.69) is 48.5 Å². The second-order valence-electron chi connectivity index (χ2n) is 6.03. The third kappa shape index (κ3) is 5.73. The van der Waals surface area contributed by atoms with Gasteiger partial charge in [-0.25, -0.2) is 0 Å². The van der Waals surface area contributed by atoms with Crippen LogP contribution in [0.2, 0.25) is 5.02 Å². The maximum atomic E-state index is 10.6. The van der Waals surface area contributed by atoms with Crippen molar-refractivity contribution in [2.75, 3.05) is 0 Å². The van der Waals surface area contributed by atoms with Gasteiger partial charge >= 0.3 is 0 Å². The van der Waals surface area contributed by atoms with E-state index in [1.807, 2.05) is 24.3 Å². The number of benzene rings is 3. The Hall–Kier alpha value is -1.55. The molecule has 0 saturated heterocycles. The third-order valence-electron chi connectivity index (χ3n) is 3.97. The largest absolute Gasteiger partial charge is 0.507 e. The zero-order chi connectivity index (χ0) is 18.2. The van der Waals surface area contributed by atoms with Crippen molar-refractivity contribution in [1.29, 1.82) is 0 Å². The monoisotopic (exact) mass is 400 g/mol. The normalized spacial score (nSPS) is 10.8. The van der Waals surface area contributed by atoms with E-state index in [9.17, 15) is 5.11 Å². The summed E-state index contributed by atoms with van der Waals surface area (Å²) < 4.78 is 0. The first kappa shape index (κ1) is 19.2. The van der Waals surface area contributed by atoms with Crippen molar-refractivity contribution in [2.45, 2.75) is 23.0 Å². The first-order valence-electron chi connectivity index (χ1n) is 8.46. The van der Waals surface area contributed by atoms with Crippen LogP contribution in [0.4, 0.5) is 0 Å². The molecule has 3 aromatic rings. The van der Waals surface area contributed by atoms with Crippen LogP contribution < -0.4 is 0 Å². The zero-order valence-corrected chi connectivity index (χ0v) is 16.8. The molecule has 0 amide bonds. The van der Waals surface area contributed by atoms with Gasteiger partial charge < -0.3 is 5.11 Å². The van der Waals surface area contributed by atoms with Crippen molar-refractivity contribution >= 4 is 35.1 Å². The first-order chi connectivity index (χ1) is 12.7. The number of thioether (sulfide) groups is 2. The van der Waals surface area contributed by atoms with E-state index in [0.29, 0.717) is 10.8 Å². The number of phenolic OH excluding ortho intramolecular Hbond substituents is 1. The molecule has 0 atom stereocenters. The topological polar surface area (TPSA) is 20.2 Å². The van der Waals surface area contributed by atoms with Gasteiger partial charge in [0.25, 0.3) is 0 Å². The summed E-state index contributed by atoms with van der Waals surface area (Å²) in [4.78, 5) is 0. The lowest BCUT2D eigenvalue weighted by atomic mass is 10.1. The molecule has 0 saturated carbocycles. The molecule has 26 heavy (non-hydrogen) atoms. The second-order valence-corrected chi connectivity index (χ2v) is 8.44. The highest BCUT2D eigenvalue weighted by atomic mass is 35.5. The average Bonchev–Trinajstić information content (AvgIpc) is 2.67. The Balaban J connectivity index is 1.58. The minimum Gasteiger partial charge on any atom is -0.507 e. The molecule has 0 aliphatic heterocycles. The van der Waals surface area contributed by atoms with Crippen LogP contribution in [0.3, 0.4) is 0 Å². The minimum absolute atomic E-state index is 0.385. The summed E-state index contributed by atoms with van der Waals surface area (Å²) in [5.41, 5.74) is 4.40. The molecule has 0 heterocycles. The molecule has 134 valence electrons. The van der Waals surface area contributed by atoms with Gasteiger partial charge in [0.1, 0.15) is 5.75 Å². The van der Waals surface area contributed by atoms with Gasteiger partial charge in [0, 0.05) is 39.2 Å². The van der Waals surface area contributed by atoms with E-state index < -0.39 is 0 Å². The summed E-state index contributed by atoms with van der Waals surface area (Å²) in [5, 5.41) is 11.3. The van der Waals surface area contributed by atoms with Crippen LogP contribution in [0.25, 0.3) is 0 Å². The van der Waals surface area contributed by atoms with Crippen LogP contribution in [0.5, 0.6) is 5.75 Å². The van der Waals surface area contributed by atoms with Gasteiger partial charge in [-0.2, -0.15) is 23.5 Å². The number of hydrogen-bond donors (Lipinski definition) is 1. The molecule has 0 radical (unpaired) electrons. The molecule has 0 aliphatic rings. The summed E-state index contributed by atoms with van der Waals surface area (Å²) in [5.74, 6) is 3.72. The standard InChI is InChI=1S/C22H21ClOS2/c23-21-11-19(15-25-13-17-7-3-1-4-8-17)22(24)20(12-21)16-26-14-18-9-5-2-6-10-18/h1-12,24H,13-16H2. The predicted molar refractivity (Wildman–Crippen MR) is 116 cm³/mol. The second kappa shape index (κ2) is 9.96. The Morgan fingerprint density at radius 1 is 0.654 bits per heavy atom. The Bertz CT molecular complexity index is 756. The van der Waals surface area contributed by atoms with Crippen LogP contribution in [-0.4, -0.2) is 5.11 Å². The molecule has 0 bridgehead atoms. The molecule has 3 rings (SSSR count). The number of phenols is 1. The quantitative estimate of drug-likeness (QED) is 0.443. The fourth-order valence-electron chi connectivity index (χ4n) is 2.64. The zero-order valence-electron chi connectivity index (χ0n) is 14.4. The van der Waals surface area contributed by atoms with Crippen molar-refractivity contribution in [2.24, 2.45) is 0 Å². The Morgan fingerprint density at radius 3 is 1.50 bits per heavy atom. The molecule has 1 nitrogen and oxygen atoms in total. The Kier molecular flexibility index (Phi) is 7.36. The van der Waals surface area contributed by atoms with Crippen LogP contribution in [0, 0.1) is 0 Å². The van der Waals surface area contributed by atoms with E-state index in [-0.39, 0.29) is 0 Å². The molecule has 4 heteroatoms. The maximum absolute atomic E-state index is 10.6. The van der Waals surface area contributed by atoms with E-state index in [1.54, 1.807) is 23.5 Å². The van der Waals surface area contributed by atoms with Gasteiger partial charge in [-0.1, -0.05) is 72.3 Å². The van der Waals surface area contributed by atoms with Crippen molar-refractivity contribution in [3.63, 3.8) is 0 Å². The van der Waals surface area contributed by atoms with Crippen LogP contribution >= 0.6 is 35.1 Å². The summed E-state index contributed by atoms with van der Waals surface area (Å²) in [6.07, 6.45) is 0. The lowest BCUT2D eigenvalue weighted by molar-refractivity contribution is 0.466. The molecular formula is C22H21ClOS2. The summed E-state index contributed by atoms with van der Waals surface area (Å²) in [7, 11) is 0. The van der Waals surface area contributed by atoms with E-state index in [4.69, 9.17) is 11.6 Å². The fourth-order valence-corrected chi connectivity index (χ4v) is 4.85. The molecule has 1 N–H and O–H groups in total. The molecule has 0 spiro atoms. The molecule has 0 aromatic heterocycles. The molecule has 0 aliphatic carbocycles. The fraction of sp³-hybridized carbons (Fsp3) is 0.182. The van der Waals surface area contributed by atoms with E-state index in [0.717, 1.165) is 34.1 Å². The number of rotatable bonds is 8. The van der Waals surface area contributed by atoms with Gasteiger partial charge in [-0.05, 0) is 23.3 Å². The smallest absolute Gasteiger partial charge is 0.123 e. The third-order valence-corrected chi connectivity index (χ3v) is 6.29.